The van der Waals surface area contributed by atoms with Gasteiger partial charge in [-0.3, -0.25) is 4.98 Å². The predicted octanol–water partition coefficient (Wildman–Crippen LogP) is 4.43. The summed E-state index contributed by atoms with van der Waals surface area (Å²) in [5.41, 5.74) is 9.18. The van der Waals surface area contributed by atoms with Crippen LogP contribution in [-0.4, -0.2) is 27.0 Å². The average Bonchev–Trinajstić information content (AvgIpc) is 2.69. The van der Waals surface area contributed by atoms with E-state index in [2.05, 4.69) is 42.3 Å². The maximum Gasteiger partial charge on any atom is 0.155 e. The zero-order chi connectivity index (χ0) is 19.5. The molecule has 1 aliphatic carbocycles. The molecule has 2 heterocycles. The summed E-state index contributed by atoms with van der Waals surface area (Å²) in [5.74, 6) is 2.11. The molecule has 0 saturated heterocycles. The largest absolute Gasteiger partial charge is 0.366 e. The second-order valence-corrected chi connectivity index (χ2v) is 7.84. The van der Waals surface area contributed by atoms with Crippen molar-refractivity contribution >= 4 is 28.9 Å². The number of pyridine rings is 1. The number of rotatable bonds is 4. The van der Waals surface area contributed by atoms with Gasteiger partial charge in [-0.15, -0.1) is 0 Å². The van der Waals surface area contributed by atoms with Crippen molar-refractivity contribution in [2.24, 2.45) is 11.7 Å². The molecule has 0 unspecified atom stereocenters. The molecule has 3 atom stereocenters. The zero-order valence-electron chi connectivity index (χ0n) is 16.5. The quantitative estimate of drug-likeness (QED) is 0.707. The molecule has 4 rings (SSSR count). The van der Waals surface area contributed by atoms with E-state index in [0.717, 1.165) is 41.7 Å². The fraction of sp³-hybridized carbons (Fsp3) is 0.348. The van der Waals surface area contributed by atoms with Gasteiger partial charge in [0.2, 0.25) is 0 Å². The third-order valence-corrected chi connectivity index (χ3v) is 5.49. The second-order valence-electron chi connectivity index (χ2n) is 7.84. The van der Waals surface area contributed by atoms with Crippen LogP contribution < -0.4 is 11.1 Å². The van der Waals surface area contributed by atoms with Crippen LogP contribution in [0.25, 0.3) is 23.1 Å². The standard InChI is InChI=1S/C23H27N5/c1-15-6-9-21-19(13-15)23(27-20-10-7-17(24)14-16(20)2)28-22(26-21)11-8-18-5-3-4-12-25-18/h3-6,8-9,11-13,16-17,20H,7,10,14,24H2,1-2H3,(H,26,27,28)/t16-,17-,20+/m0/s1. The van der Waals surface area contributed by atoms with E-state index in [1.807, 2.05) is 30.4 Å². The first kappa shape index (κ1) is 18.6. The SMILES string of the molecule is Cc1ccc2nc(C=Cc3ccccn3)nc(N[C@@H]3CC[C@H](N)C[C@@H]3C)c2c1. The lowest BCUT2D eigenvalue weighted by Crippen LogP contribution is -2.39. The minimum absolute atomic E-state index is 0.314. The van der Waals surface area contributed by atoms with Crippen molar-refractivity contribution in [1.82, 2.24) is 15.0 Å². The van der Waals surface area contributed by atoms with Crippen LogP contribution in [-0.2, 0) is 0 Å². The molecule has 1 aromatic carbocycles. The van der Waals surface area contributed by atoms with Crippen molar-refractivity contribution in [2.45, 2.75) is 45.2 Å². The molecule has 3 aromatic rings. The van der Waals surface area contributed by atoms with Crippen LogP contribution in [0.4, 0.5) is 5.82 Å². The molecule has 0 aliphatic heterocycles. The maximum atomic E-state index is 6.14. The van der Waals surface area contributed by atoms with E-state index < -0.39 is 0 Å². The van der Waals surface area contributed by atoms with Crippen molar-refractivity contribution in [3.8, 4) is 0 Å². The first-order chi connectivity index (χ1) is 13.6. The first-order valence-corrected chi connectivity index (χ1v) is 9.98. The van der Waals surface area contributed by atoms with E-state index in [1.165, 1.54) is 5.56 Å². The number of anilines is 1. The molecule has 2 aromatic heterocycles. The number of hydrogen-bond donors (Lipinski definition) is 2. The third-order valence-electron chi connectivity index (χ3n) is 5.49. The van der Waals surface area contributed by atoms with Gasteiger partial charge >= 0.3 is 0 Å². The minimum Gasteiger partial charge on any atom is -0.366 e. The Bertz CT molecular complexity index is 983. The lowest BCUT2D eigenvalue weighted by atomic mass is 9.83. The Labute approximate surface area is 166 Å². The number of hydrogen-bond acceptors (Lipinski definition) is 5. The van der Waals surface area contributed by atoms with Gasteiger partial charge in [-0.25, -0.2) is 9.97 Å². The topological polar surface area (TPSA) is 76.7 Å². The highest BCUT2D eigenvalue weighted by Crippen LogP contribution is 2.29. The summed E-state index contributed by atoms with van der Waals surface area (Å²) in [6.45, 7) is 4.37. The molecule has 1 fully saturated rings. The third kappa shape index (κ3) is 4.20. The van der Waals surface area contributed by atoms with E-state index in [9.17, 15) is 0 Å². The van der Waals surface area contributed by atoms with Gasteiger partial charge in [0.1, 0.15) is 5.82 Å². The Kier molecular flexibility index (Phi) is 5.35. The van der Waals surface area contributed by atoms with Crippen molar-refractivity contribution in [2.75, 3.05) is 5.32 Å². The molecule has 0 spiro atoms. The van der Waals surface area contributed by atoms with Gasteiger partial charge in [-0.2, -0.15) is 0 Å². The fourth-order valence-corrected chi connectivity index (χ4v) is 3.91. The summed E-state index contributed by atoms with van der Waals surface area (Å²) in [5, 5.41) is 4.77. The lowest BCUT2D eigenvalue weighted by Gasteiger charge is -2.33. The van der Waals surface area contributed by atoms with Gasteiger partial charge in [-0.05, 0) is 68.5 Å². The van der Waals surface area contributed by atoms with Crippen LogP contribution >= 0.6 is 0 Å². The molecule has 0 radical (unpaired) electrons. The Morgan fingerprint density at radius 2 is 2.00 bits per heavy atom. The normalized spacial score (nSPS) is 22.6. The van der Waals surface area contributed by atoms with E-state index >= 15 is 0 Å². The summed E-state index contributed by atoms with van der Waals surface area (Å²) >= 11 is 0. The highest BCUT2D eigenvalue weighted by Gasteiger charge is 2.26. The van der Waals surface area contributed by atoms with Gasteiger partial charge in [0, 0.05) is 23.7 Å². The number of nitrogens with one attached hydrogen (secondary N) is 1. The van der Waals surface area contributed by atoms with Gasteiger partial charge in [0.15, 0.2) is 5.82 Å². The summed E-state index contributed by atoms with van der Waals surface area (Å²) in [4.78, 5) is 13.9. The zero-order valence-corrected chi connectivity index (χ0v) is 16.5. The highest BCUT2D eigenvalue weighted by atomic mass is 15.1. The predicted molar refractivity (Wildman–Crippen MR) is 116 cm³/mol. The molecule has 1 saturated carbocycles. The van der Waals surface area contributed by atoms with Crippen LogP contribution in [0.5, 0.6) is 0 Å². The summed E-state index contributed by atoms with van der Waals surface area (Å²) < 4.78 is 0. The fourth-order valence-electron chi connectivity index (χ4n) is 3.91. The van der Waals surface area contributed by atoms with Gasteiger partial charge in [0.25, 0.3) is 0 Å². The van der Waals surface area contributed by atoms with Crippen molar-refractivity contribution in [1.29, 1.82) is 0 Å². The van der Waals surface area contributed by atoms with Crippen LogP contribution in [0, 0.1) is 12.8 Å². The Balaban J connectivity index is 1.69. The summed E-state index contributed by atoms with van der Waals surface area (Å²) in [6, 6.07) is 12.9. The van der Waals surface area contributed by atoms with Gasteiger partial charge in [0.05, 0.1) is 11.2 Å². The molecule has 0 bridgehead atoms. The first-order valence-electron chi connectivity index (χ1n) is 9.98. The number of fused-ring (bicyclic) bond motifs is 1. The monoisotopic (exact) mass is 373 g/mol. The van der Waals surface area contributed by atoms with Gasteiger partial charge in [-0.1, -0.05) is 24.6 Å². The molecule has 0 amide bonds. The molecule has 3 N–H and O–H groups in total. The molecule has 5 heteroatoms. The number of nitrogens with two attached hydrogens (primary N) is 1. The van der Waals surface area contributed by atoms with E-state index in [1.54, 1.807) is 6.20 Å². The van der Waals surface area contributed by atoms with Crippen LogP contribution in [0.1, 0.15) is 43.3 Å². The summed E-state index contributed by atoms with van der Waals surface area (Å²) in [6.07, 6.45) is 8.82. The van der Waals surface area contributed by atoms with Gasteiger partial charge < -0.3 is 11.1 Å². The van der Waals surface area contributed by atoms with E-state index in [0.29, 0.717) is 23.8 Å². The molecule has 1 aliphatic rings. The minimum atomic E-state index is 0.314. The number of nitrogens with zero attached hydrogens (tertiary/aromatic N) is 3. The average molecular weight is 374 g/mol. The van der Waals surface area contributed by atoms with E-state index in [4.69, 9.17) is 15.7 Å². The Hall–Kier alpha value is -2.79. The summed E-state index contributed by atoms with van der Waals surface area (Å²) in [7, 11) is 0. The van der Waals surface area contributed by atoms with Crippen LogP contribution in [0.15, 0.2) is 42.6 Å². The molecular formula is C23H27N5. The maximum absolute atomic E-state index is 6.14. The molecule has 5 nitrogen and oxygen atoms in total. The number of aromatic nitrogens is 3. The molecule has 144 valence electrons. The van der Waals surface area contributed by atoms with E-state index in [-0.39, 0.29) is 0 Å². The highest BCUT2D eigenvalue weighted by molar-refractivity contribution is 5.90. The van der Waals surface area contributed by atoms with Crippen LogP contribution in [0.3, 0.4) is 0 Å². The van der Waals surface area contributed by atoms with Crippen LogP contribution in [0.2, 0.25) is 0 Å². The van der Waals surface area contributed by atoms with Crippen molar-refractivity contribution < 1.29 is 0 Å². The molecule has 28 heavy (non-hydrogen) atoms. The van der Waals surface area contributed by atoms with Crippen molar-refractivity contribution in [3.63, 3.8) is 0 Å². The number of benzene rings is 1. The Morgan fingerprint density at radius 3 is 2.79 bits per heavy atom. The van der Waals surface area contributed by atoms with Crippen molar-refractivity contribution in [3.05, 3.63) is 59.7 Å². The lowest BCUT2D eigenvalue weighted by molar-refractivity contribution is 0.314. The smallest absolute Gasteiger partial charge is 0.155 e. The number of aryl methyl sites for hydroxylation is 1. The molecular weight excluding hydrogens is 346 g/mol. The second kappa shape index (κ2) is 8.07. The Morgan fingerprint density at radius 1 is 1.11 bits per heavy atom.